The maximum atomic E-state index is 11.4. The van der Waals surface area contributed by atoms with Gasteiger partial charge in [-0.1, -0.05) is 0 Å². The molecule has 8 heteroatoms. The fourth-order valence-electron chi connectivity index (χ4n) is 2.71. The third-order valence-corrected chi connectivity index (χ3v) is 4.20. The van der Waals surface area contributed by atoms with E-state index in [0.717, 1.165) is 16.9 Å². The van der Waals surface area contributed by atoms with Gasteiger partial charge in [0.1, 0.15) is 5.82 Å². The summed E-state index contributed by atoms with van der Waals surface area (Å²) in [5, 5.41) is 6.34. The number of nitrogens with zero attached hydrogens (tertiary/aromatic N) is 2. The minimum Gasteiger partial charge on any atom is -0.408 e. The van der Waals surface area contributed by atoms with Gasteiger partial charge in [-0.2, -0.15) is 4.98 Å². The van der Waals surface area contributed by atoms with Gasteiger partial charge in [0, 0.05) is 28.7 Å². The molecule has 4 aromatic rings. The quantitative estimate of drug-likeness (QED) is 0.453. The fraction of sp³-hybridized carbons (Fsp3) is 0.100. The summed E-state index contributed by atoms with van der Waals surface area (Å²) >= 11 is 0. The van der Waals surface area contributed by atoms with Crippen molar-refractivity contribution in [2.75, 3.05) is 10.6 Å². The summed E-state index contributed by atoms with van der Waals surface area (Å²) in [5.74, 6) is 0.567. The highest BCUT2D eigenvalue weighted by Gasteiger charge is 2.08. The minimum absolute atomic E-state index is 0.0144. The molecule has 0 radical (unpaired) electrons. The number of fused-ring (bicyclic) bond motifs is 1. The van der Waals surface area contributed by atoms with Crippen molar-refractivity contribution in [2.24, 2.45) is 0 Å². The zero-order valence-electron chi connectivity index (χ0n) is 15.2. The number of ketones is 1. The Morgan fingerprint density at radius 3 is 2.57 bits per heavy atom. The van der Waals surface area contributed by atoms with E-state index in [0.29, 0.717) is 28.4 Å². The summed E-state index contributed by atoms with van der Waals surface area (Å²) in [5.41, 5.74) is 4.13. The van der Waals surface area contributed by atoms with E-state index in [-0.39, 0.29) is 5.78 Å². The van der Waals surface area contributed by atoms with Crippen LogP contribution in [0.2, 0.25) is 0 Å². The average molecular weight is 375 g/mol. The average Bonchev–Trinajstić information content (AvgIpc) is 3.04. The van der Waals surface area contributed by atoms with Crippen LogP contribution in [0.15, 0.2) is 57.9 Å². The van der Waals surface area contributed by atoms with Crippen LogP contribution in [0.4, 0.5) is 23.1 Å². The molecule has 4 rings (SSSR count). The number of hydrogen-bond acceptors (Lipinski definition) is 7. The third-order valence-electron chi connectivity index (χ3n) is 4.20. The molecule has 0 bridgehead atoms. The highest BCUT2D eigenvalue weighted by atomic mass is 16.4. The number of carbonyl (C=O) groups excluding carboxylic acids is 1. The molecule has 0 aliphatic rings. The van der Waals surface area contributed by atoms with Crippen LogP contribution in [0.25, 0.3) is 11.1 Å². The topological polar surface area (TPSA) is 113 Å². The van der Waals surface area contributed by atoms with E-state index in [1.807, 2.05) is 6.92 Å². The smallest absolute Gasteiger partial charge is 0.408 e. The van der Waals surface area contributed by atoms with Gasteiger partial charge in [-0.05, 0) is 56.3 Å². The fourth-order valence-corrected chi connectivity index (χ4v) is 2.71. The van der Waals surface area contributed by atoms with Crippen LogP contribution in [0.3, 0.4) is 0 Å². The van der Waals surface area contributed by atoms with E-state index in [4.69, 9.17) is 4.42 Å². The number of aromatic amines is 1. The summed E-state index contributed by atoms with van der Waals surface area (Å²) in [6.45, 7) is 3.42. The summed E-state index contributed by atoms with van der Waals surface area (Å²) in [6, 6.07) is 12.4. The van der Waals surface area contributed by atoms with Crippen LogP contribution < -0.4 is 16.4 Å². The number of aryl methyl sites for hydroxylation is 1. The SMILES string of the molecule is CC(=O)c1ccc(Nc2ncc(C)c(Nc3ccc4oc(=O)[nH]c4c3)n2)cc1. The minimum atomic E-state index is -0.493. The molecule has 0 aliphatic heterocycles. The van der Waals surface area contributed by atoms with Crippen LogP contribution in [0.5, 0.6) is 0 Å². The number of aromatic nitrogens is 3. The van der Waals surface area contributed by atoms with Crippen LogP contribution in [0, 0.1) is 6.92 Å². The number of benzene rings is 2. The molecule has 0 saturated carbocycles. The van der Waals surface area contributed by atoms with Crippen molar-refractivity contribution in [1.82, 2.24) is 15.0 Å². The molecule has 0 amide bonds. The number of Topliss-reactive ketones (excluding diaryl/α,β-unsaturated/α-hetero) is 1. The molecular weight excluding hydrogens is 358 g/mol. The van der Waals surface area contributed by atoms with Crippen molar-refractivity contribution in [3.8, 4) is 0 Å². The van der Waals surface area contributed by atoms with E-state index in [2.05, 4.69) is 25.6 Å². The Labute approximate surface area is 159 Å². The maximum Gasteiger partial charge on any atom is 0.417 e. The predicted octanol–water partition coefficient (Wildman–Crippen LogP) is 3.91. The monoisotopic (exact) mass is 375 g/mol. The van der Waals surface area contributed by atoms with E-state index < -0.39 is 5.76 Å². The lowest BCUT2D eigenvalue weighted by Crippen LogP contribution is -2.03. The Morgan fingerprint density at radius 2 is 1.82 bits per heavy atom. The highest BCUT2D eigenvalue weighted by molar-refractivity contribution is 5.94. The molecule has 0 unspecified atom stereocenters. The van der Waals surface area contributed by atoms with Gasteiger partial charge < -0.3 is 15.1 Å². The molecule has 8 nitrogen and oxygen atoms in total. The number of nitrogens with one attached hydrogen (secondary N) is 3. The zero-order chi connectivity index (χ0) is 19.7. The molecule has 140 valence electrons. The lowest BCUT2D eigenvalue weighted by molar-refractivity contribution is 0.101. The molecule has 28 heavy (non-hydrogen) atoms. The van der Waals surface area contributed by atoms with Crippen LogP contribution in [0.1, 0.15) is 22.8 Å². The predicted molar refractivity (Wildman–Crippen MR) is 107 cm³/mol. The number of oxazole rings is 1. The number of carbonyl (C=O) groups is 1. The second-order valence-corrected chi connectivity index (χ2v) is 6.33. The second kappa shape index (κ2) is 6.99. The van der Waals surface area contributed by atoms with Crippen LogP contribution in [-0.2, 0) is 0 Å². The standard InChI is InChI=1S/C20H17N5O3/c1-11-10-21-19(23-14-5-3-13(4-6-14)12(2)26)25-18(11)22-15-7-8-17-16(9-15)24-20(27)28-17/h3-10H,1-2H3,(H,24,27)(H2,21,22,23,25). The first kappa shape index (κ1) is 17.5. The number of anilines is 4. The van der Waals surface area contributed by atoms with Crippen LogP contribution in [-0.4, -0.2) is 20.7 Å². The van der Waals surface area contributed by atoms with Crippen molar-refractivity contribution >= 4 is 40.0 Å². The summed E-state index contributed by atoms with van der Waals surface area (Å²) in [6.07, 6.45) is 1.71. The molecule has 3 N–H and O–H groups in total. The largest absolute Gasteiger partial charge is 0.417 e. The van der Waals surface area contributed by atoms with Crippen molar-refractivity contribution < 1.29 is 9.21 Å². The van der Waals surface area contributed by atoms with Gasteiger partial charge in [0.05, 0.1) is 5.52 Å². The summed E-state index contributed by atoms with van der Waals surface area (Å²) in [4.78, 5) is 34.1. The van der Waals surface area contributed by atoms with Crippen molar-refractivity contribution in [1.29, 1.82) is 0 Å². The van der Waals surface area contributed by atoms with Crippen LogP contribution >= 0.6 is 0 Å². The van der Waals surface area contributed by atoms with Gasteiger partial charge in [0.15, 0.2) is 11.4 Å². The number of hydrogen-bond donors (Lipinski definition) is 3. The molecule has 0 atom stereocenters. The third kappa shape index (κ3) is 3.61. The van der Waals surface area contributed by atoms with Gasteiger partial charge in [-0.25, -0.2) is 9.78 Å². The molecule has 0 saturated heterocycles. The number of H-pyrrole nitrogens is 1. The van der Waals surface area contributed by atoms with Gasteiger partial charge in [-0.3, -0.25) is 9.78 Å². The Bertz CT molecular complexity index is 1220. The summed E-state index contributed by atoms with van der Waals surface area (Å²) in [7, 11) is 0. The second-order valence-electron chi connectivity index (χ2n) is 6.33. The normalized spacial score (nSPS) is 10.8. The van der Waals surface area contributed by atoms with Gasteiger partial charge in [0.2, 0.25) is 5.95 Å². The summed E-state index contributed by atoms with van der Waals surface area (Å²) < 4.78 is 5.01. The Hall–Kier alpha value is -3.94. The maximum absolute atomic E-state index is 11.4. The first-order valence-electron chi connectivity index (χ1n) is 8.59. The Kier molecular flexibility index (Phi) is 4.36. The van der Waals surface area contributed by atoms with Gasteiger partial charge in [0.25, 0.3) is 0 Å². The van der Waals surface area contributed by atoms with Gasteiger partial charge >= 0.3 is 5.76 Å². The highest BCUT2D eigenvalue weighted by Crippen LogP contribution is 2.23. The molecular formula is C20H17N5O3. The molecule has 0 aliphatic carbocycles. The Balaban J connectivity index is 1.57. The zero-order valence-corrected chi connectivity index (χ0v) is 15.2. The van der Waals surface area contributed by atoms with E-state index >= 15 is 0 Å². The van der Waals surface area contributed by atoms with Crippen molar-refractivity contribution in [3.05, 3.63) is 70.3 Å². The first-order valence-corrected chi connectivity index (χ1v) is 8.59. The molecule has 2 aromatic carbocycles. The van der Waals surface area contributed by atoms with Gasteiger partial charge in [-0.15, -0.1) is 0 Å². The lowest BCUT2D eigenvalue weighted by Gasteiger charge is -2.11. The Morgan fingerprint density at radius 1 is 1.07 bits per heavy atom. The lowest BCUT2D eigenvalue weighted by atomic mass is 10.1. The molecule has 0 fully saturated rings. The van der Waals surface area contributed by atoms with E-state index in [9.17, 15) is 9.59 Å². The first-order chi connectivity index (χ1) is 13.5. The molecule has 0 spiro atoms. The van der Waals surface area contributed by atoms with Crippen molar-refractivity contribution in [3.63, 3.8) is 0 Å². The van der Waals surface area contributed by atoms with Crippen molar-refractivity contribution in [2.45, 2.75) is 13.8 Å². The number of rotatable bonds is 5. The molecule has 2 aromatic heterocycles. The van der Waals surface area contributed by atoms with E-state index in [1.165, 1.54) is 6.92 Å². The molecule has 2 heterocycles. The van der Waals surface area contributed by atoms with E-state index in [1.54, 1.807) is 48.7 Å².